The molecule has 13 atom stereocenters. The number of carbonyl (C=O) groups excluding carboxylic acids is 1. The van der Waals surface area contributed by atoms with Gasteiger partial charge in [0.1, 0.15) is 11.9 Å². The molecular formula is C27H42O5. The summed E-state index contributed by atoms with van der Waals surface area (Å²) in [6, 6.07) is 0. The molecule has 4 saturated carbocycles. The lowest BCUT2D eigenvalue weighted by Crippen LogP contribution is -2.59. The molecular weight excluding hydrogens is 404 g/mol. The molecule has 0 amide bonds. The van der Waals surface area contributed by atoms with Crippen molar-refractivity contribution in [2.45, 2.75) is 103 Å². The number of hydrogen-bond donors (Lipinski definition) is 2. The van der Waals surface area contributed by atoms with Crippen LogP contribution in [-0.4, -0.2) is 46.7 Å². The first-order chi connectivity index (χ1) is 15.1. The number of fused-ring (bicyclic) bond motifs is 7. The maximum Gasteiger partial charge on any atom is 0.197 e. The molecule has 0 bridgehead atoms. The predicted octanol–water partition coefficient (Wildman–Crippen LogP) is 3.94. The lowest BCUT2D eigenvalue weighted by atomic mass is 9.44. The van der Waals surface area contributed by atoms with Crippen molar-refractivity contribution in [2.75, 3.05) is 6.61 Å². The van der Waals surface area contributed by atoms with Crippen LogP contribution in [0.2, 0.25) is 0 Å². The van der Waals surface area contributed by atoms with Crippen molar-refractivity contribution in [1.82, 2.24) is 0 Å². The van der Waals surface area contributed by atoms with Crippen molar-refractivity contribution in [2.24, 2.45) is 52.3 Å². The second-order valence-electron chi connectivity index (χ2n) is 13.2. The molecule has 2 aliphatic heterocycles. The molecule has 4 aliphatic carbocycles. The molecule has 0 aromatic rings. The van der Waals surface area contributed by atoms with E-state index in [4.69, 9.17) is 9.47 Å². The summed E-state index contributed by atoms with van der Waals surface area (Å²) in [5, 5.41) is 21.3. The number of hydrogen-bond acceptors (Lipinski definition) is 5. The van der Waals surface area contributed by atoms with Crippen LogP contribution in [0.3, 0.4) is 0 Å². The lowest BCUT2D eigenvalue weighted by molar-refractivity contribution is -0.316. The van der Waals surface area contributed by atoms with Crippen molar-refractivity contribution in [1.29, 1.82) is 0 Å². The molecule has 0 aromatic heterocycles. The maximum atomic E-state index is 13.4. The van der Waals surface area contributed by atoms with Gasteiger partial charge in [-0.2, -0.15) is 0 Å². The van der Waals surface area contributed by atoms with E-state index in [9.17, 15) is 15.0 Å². The van der Waals surface area contributed by atoms with Crippen molar-refractivity contribution in [3.05, 3.63) is 0 Å². The zero-order valence-corrected chi connectivity index (χ0v) is 20.3. The number of Topliss-reactive ketones (excluding diaryl/α,β-unsaturated/α-hetero) is 1. The summed E-state index contributed by atoms with van der Waals surface area (Å²) in [5.41, 5.74) is 0.184. The van der Waals surface area contributed by atoms with Crippen LogP contribution in [0.5, 0.6) is 0 Å². The second kappa shape index (κ2) is 7.02. The summed E-state index contributed by atoms with van der Waals surface area (Å²) in [6.07, 6.45) is 6.53. The topological polar surface area (TPSA) is 76.0 Å². The summed E-state index contributed by atoms with van der Waals surface area (Å²) < 4.78 is 13.0. The SMILES string of the molecule is CC1C2C(C[C@H]3[C@@H]4CC(=O)[C@H]5C[C@@H](O)CC[C@]5(C)[C@H]4CC[C@]23C)O[C@@]12OC[C@@H](C)CC2O. The minimum absolute atomic E-state index is 0.0453. The zero-order valence-electron chi connectivity index (χ0n) is 20.3. The minimum Gasteiger partial charge on any atom is -0.393 e. The Labute approximate surface area is 192 Å². The summed E-state index contributed by atoms with van der Waals surface area (Å²) >= 11 is 0. The fourth-order valence-corrected chi connectivity index (χ4v) is 10.2. The molecule has 6 aliphatic rings. The van der Waals surface area contributed by atoms with E-state index in [1.807, 2.05) is 0 Å². The molecule has 0 aromatic carbocycles. The number of rotatable bonds is 0. The van der Waals surface area contributed by atoms with Crippen molar-refractivity contribution in [3.8, 4) is 0 Å². The summed E-state index contributed by atoms with van der Waals surface area (Å²) in [5.74, 6) is 2.03. The first-order valence-corrected chi connectivity index (χ1v) is 13.3. The Kier molecular flexibility index (Phi) is 4.83. The molecule has 1 spiro atoms. The molecule has 6 rings (SSSR count). The fourth-order valence-electron chi connectivity index (χ4n) is 10.2. The Hall–Kier alpha value is -0.490. The Morgan fingerprint density at radius 3 is 2.47 bits per heavy atom. The van der Waals surface area contributed by atoms with Gasteiger partial charge in [0.05, 0.1) is 18.8 Å². The molecule has 180 valence electrons. The van der Waals surface area contributed by atoms with Gasteiger partial charge in [-0.3, -0.25) is 4.79 Å². The van der Waals surface area contributed by atoms with Crippen LogP contribution in [0, 0.1) is 52.3 Å². The van der Waals surface area contributed by atoms with Gasteiger partial charge in [0.25, 0.3) is 0 Å². The lowest BCUT2D eigenvalue weighted by Gasteiger charge is -2.60. The Morgan fingerprint density at radius 1 is 0.969 bits per heavy atom. The highest BCUT2D eigenvalue weighted by atomic mass is 16.7. The summed E-state index contributed by atoms with van der Waals surface area (Å²) in [7, 11) is 0. The number of ketones is 1. The van der Waals surface area contributed by atoms with Crippen LogP contribution < -0.4 is 0 Å². The molecule has 0 radical (unpaired) electrons. The third-order valence-corrected chi connectivity index (χ3v) is 11.7. The largest absolute Gasteiger partial charge is 0.393 e. The molecule has 2 N–H and O–H groups in total. The smallest absolute Gasteiger partial charge is 0.197 e. The van der Waals surface area contributed by atoms with Gasteiger partial charge in [-0.1, -0.05) is 27.7 Å². The molecule has 4 unspecified atom stereocenters. The summed E-state index contributed by atoms with van der Waals surface area (Å²) in [4.78, 5) is 13.4. The van der Waals surface area contributed by atoms with E-state index in [1.54, 1.807) is 0 Å². The molecule has 32 heavy (non-hydrogen) atoms. The van der Waals surface area contributed by atoms with Gasteiger partial charge < -0.3 is 19.7 Å². The highest BCUT2D eigenvalue weighted by Crippen LogP contribution is 2.71. The van der Waals surface area contributed by atoms with Crippen molar-refractivity contribution in [3.63, 3.8) is 0 Å². The van der Waals surface area contributed by atoms with E-state index in [0.717, 1.165) is 25.7 Å². The fraction of sp³-hybridized carbons (Fsp3) is 0.963. The monoisotopic (exact) mass is 446 g/mol. The Morgan fingerprint density at radius 2 is 1.72 bits per heavy atom. The van der Waals surface area contributed by atoms with Gasteiger partial charge in [-0.15, -0.1) is 0 Å². The summed E-state index contributed by atoms with van der Waals surface area (Å²) in [6.45, 7) is 9.85. The molecule has 6 fully saturated rings. The van der Waals surface area contributed by atoms with E-state index in [2.05, 4.69) is 27.7 Å². The number of ether oxygens (including phenoxy) is 2. The molecule has 2 saturated heterocycles. The Balaban J connectivity index is 1.29. The maximum absolute atomic E-state index is 13.4. The molecule has 5 heteroatoms. The van der Waals surface area contributed by atoms with Gasteiger partial charge in [-0.05, 0) is 85.4 Å². The van der Waals surface area contributed by atoms with E-state index in [-0.39, 0.29) is 34.9 Å². The normalized spacial score (nSPS) is 61.8. The van der Waals surface area contributed by atoms with Gasteiger partial charge in [0, 0.05) is 18.3 Å². The average molecular weight is 447 g/mol. The average Bonchev–Trinajstić information content (AvgIpc) is 3.18. The highest BCUT2D eigenvalue weighted by molar-refractivity contribution is 5.83. The zero-order chi connectivity index (χ0) is 22.6. The van der Waals surface area contributed by atoms with E-state index in [1.165, 1.54) is 12.8 Å². The number of aliphatic hydroxyl groups is 2. The second-order valence-corrected chi connectivity index (χ2v) is 13.2. The van der Waals surface area contributed by atoms with Crippen LogP contribution in [0.4, 0.5) is 0 Å². The van der Waals surface area contributed by atoms with Crippen LogP contribution in [0.1, 0.15) is 79.1 Å². The first-order valence-electron chi connectivity index (χ1n) is 13.3. The predicted molar refractivity (Wildman–Crippen MR) is 120 cm³/mol. The highest BCUT2D eigenvalue weighted by Gasteiger charge is 2.71. The minimum atomic E-state index is -0.842. The first kappa shape index (κ1) is 22.0. The van der Waals surface area contributed by atoms with E-state index in [0.29, 0.717) is 54.8 Å². The standard InChI is InChI=1S/C27H42O5/c1-14-9-23(30)27(31-13-14)15(2)24-22(32-27)12-19-17-11-21(29)20-10-16(28)5-7-25(20,3)18(17)6-8-26(19,24)4/h14-20,22-24,28,30H,5-13H2,1-4H3/t14-,15?,16-,17+,18-,19-,20+,22?,23?,24?,25+,26-,27-/m0/s1. The van der Waals surface area contributed by atoms with Crippen LogP contribution in [0.15, 0.2) is 0 Å². The van der Waals surface area contributed by atoms with E-state index < -0.39 is 11.9 Å². The van der Waals surface area contributed by atoms with Crippen LogP contribution in [-0.2, 0) is 14.3 Å². The van der Waals surface area contributed by atoms with Gasteiger partial charge >= 0.3 is 0 Å². The van der Waals surface area contributed by atoms with Gasteiger partial charge in [0.2, 0.25) is 0 Å². The van der Waals surface area contributed by atoms with E-state index >= 15 is 0 Å². The number of carbonyl (C=O) groups is 1. The number of aliphatic hydroxyl groups excluding tert-OH is 2. The van der Waals surface area contributed by atoms with Gasteiger partial charge in [-0.25, -0.2) is 0 Å². The molecule has 5 nitrogen and oxygen atoms in total. The van der Waals surface area contributed by atoms with Crippen LogP contribution >= 0.6 is 0 Å². The van der Waals surface area contributed by atoms with Crippen LogP contribution in [0.25, 0.3) is 0 Å². The van der Waals surface area contributed by atoms with Crippen molar-refractivity contribution >= 4 is 5.78 Å². The molecule has 2 heterocycles. The third-order valence-electron chi connectivity index (χ3n) is 11.7. The van der Waals surface area contributed by atoms with Crippen molar-refractivity contribution < 1.29 is 24.5 Å². The Bertz CT molecular complexity index is 799. The van der Waals surface area contributed by atoms with Gasteiger partial charge in [0.15, 0.2) is 5.79 Å². The third kappa shape index (κ3) is 2.69. The quantitative estimate of drug-likeness (QED) is 0.589.